The molecule has 0 atom stereocenters. The first-order chi connectivity index (χ1) is 10.3. The lowest BCUT2D eigenvalue weighted by atomic mass is 10.2. The van der Waals surface area contributed by atoms with Crippen molar-refractivity contribution in [3.8, 4) is 17.0 Å². The monoisotopic (exact) mass is 285 g/mol. The van der Waals surface area contributed by atoms with E-state index >= 15 is 0 Å². The van der Waals surface area contributed by atoms with E-state index in [1.165, 1.54) is 0 Å². The Morgan fingerprint density at radius 3 is 2.67 bits per heavy atom. The van der Waals surface area contributed by atoms with Crippen molar-refractivity contribution in [3.05, 3.63) is 48.4 Å². The molecule has 1 aromatic carbocycles. The maximum absolute atomic E-state index is 12.1. The van der Waals surface area contributed by atoms with Crippen molar-refractivity contribution in [2.24, 2.45) is 0 Å². The van der Waals surface area contributed by atoms with E-state index in [2.05, 4.69) is 16.9 Å². The van der Waals surface area contributed by atoms with E-state index in [0.29, 0.717) is 11.5 Å². The van der Waals surface area contributed by atoms with E-state index in [9.17, 15) is 4.39 Å². The molecule has 0 saturated carbocycles. The average Bonchev–Trinajstić information content (AvgIpc) is 2.96. The quantitative estimate of drug-likeness (QED) is 0.722. The molecule has 0 aliphatic heterocycles. The van der Waals surface area contributed by atoms with Gasteiger partial charge >= 0.3 is 0 Å². The normalized spacial score (nSPS) is 11.0. The van der Waals surface area contributed by atoms with Gasteiger partial charge in [-0.05, 0) is 36.8 Å². The second-order valence-electron chi connectivity index (χ2n) is 4.67. The van der Waals surface area contributed by atoms with Crippen molar-refractivity contribution in [2.75, 3.05) is 13.3 Å². The summed E-state index contributed by atoms with van der Waals surface area (Å²) in [6.45, 7) is 1.66. The molecule has 21 heavy (non-hydrogen) atoms. The largest absolute Gasteiger partial charge is 0.491 e. The lowest BCUT2D eigenvalue weighted by molar-refractivity contribution is 0.273. The molecule has 3 rings (SSSR count). The molecule has 2 aromatic heterocycles. The second kappa shape index (κ2) is 5.91. The topological polar surface area (TPSA) is 39.4 Å². The lowest BCUT2D eigenvalue weighted by Gasteiger charge is -2.03. The van der Waals surface area contributed by atoms with E-state index in [-0.39, 0.29) is 6.61 Å². The Bertz CT molecular complexity index is 737. The molecular weight excluding hydrogens is 269 g/mol. The Morgan fingerprint density at radius 1 is 1.14 bits per heavy atom. The first-order valence-electron chi connectivity index (χ1n) is 6.94. The summed E-state index contributed by atoms with van der Waals surface area (Å²) in [6.07, 6.45) is 4.80. The van der Waals surface area contributed by atoms with Gasteiger partial charge in [-0.15, -0.1) is 0 Å². The first-order valence-corrected chi connectivity index (χ1v) is 6.94. The number of imidazole rings is 1. The molecule has 0 fully saturated rings. The molecule has 0 bridgehead atoms. The van der Waals surface area contributed by atoms with E-state index in [1.807, 2.05) is 47.1 Å². The fourth-order valence-electron chi connectivity index (χ4n) is 2.12. The highest BCUT2D eigenvalue weighted by Crippen LogP contribution is 2.22. The van der Waals surface area contributed by atoms with Crippen molar-refractivity contribution in [1.82, 2.24) is 14.4 Å². The van der Waals surface area contributed by atoms with Gasteiger partial charge in [-0.25, -0.2) is 14.4 Å². The predicted molar refractivity (Wildman–Crippen MR) is 79.3 cm³/mol. The summed E-state index contributed by atoms with van der Waals surface area (Å²) in [5.41, 5.74) is 2.86. The van der Waals surface area contributed by atoms with E-state index < -0.39 is 6.67 Å². The van der Waals surface area contributed by atoms with Crippen molar-refractivity contribution in [3.63, 3.8) is 0 Å². The Morgan fingerprint density at radius 2 is 1.95 bits per heavy atom. The predicted octanol–water partition coefficient (Wildman–Crippen LogP) is 3.31. The van der Waals surface area contributed by atoms with Crippen LogP contribution in [-0.4, -0.2) is 27.7 Å². The summed E-state index contributed by atoms with van der Waals surface area (Å²) >= 11 is 0. The van der Waals surface area contributed by atoms with Crippen LogP contribution in [0.1, 0.15) is 12.6 Å². The first kappa shape index (κ1) is 13.5. The van der Waals surface area contributed by atoms with Crippen LogP contribution in [-0.2, 0) is 6.42 Å². The van der Waals surface area contributed by atoms with Gasteiger partial charge in [-0.2, -0.15) is 0 Å². The van der Waals surface area contributed by atoms with Crippen molar-refractivity contribution in [1.29, 1.82) is 0 Å². The standard InChI is InChI=1S/C16H16FN3O/c1-2-13-7-9-20-11-15(19-16(20)18-13)12-3-5-14(6-4-12)21-10-8-17/h3-7,9,11H,2,8,10H2,1H3. The number of nitrogens with zero attached hydrogens (tertiary/aromatic N) is 3. The van der Waals surface area contributed by atoms with Crippen molar-refractivity contribution >= 4 is 5.78 Å². The molecule has 0 saturated heterocycles. The highest BCUT2D eigenvalue weighted by Gasteiger charge is 2.06. The van der Waals surface area contributed by atoms with Gasteiger partial charge in [0.25, 0.3) is 0 Å². The maximum Gasteiger partial charge on any atom is 0.234 e. The molecule has 0 aliphatic rings. The van der Waals surface area contributed by atoms with Crippen molar-refractivity contribution in [2.45, 2.75) is 13.3 Å². The van der Waals surface area contributed by atoms with E-state index in [1.54, 1.807) is 0 Å². The Labute approximate surface area is 122 Å². The minimum atomic E-state index is -0.486. The molecule has 0 unspecified atom stereocenters. The summed E-state index contributed by atoms with van der Waals surface area (Å²) in [7, 11) is 0. The number of aryl methyl sites for hydroxylation is 1. The van der Waals surface area contributed by atoms with Crippen LogP contribution in [0.25, 0.3) is 17.0 Å². The van der Waals surface area contributed by atoms with Crippen LogP contribution in [0.15, 0.2) is 42.7 Å². The number of aromatic nitrogens is 3. The van der Waals surface area contributed by atoms with Crippen LogP contribution in [0.2, 0.25) is 0 Å². The third-order valence-electron chi connectivity index (χ3n) is 3.24. The number of rotatable bonds is 5. The van der Waals surface area contributed by atoms with Crippen LogP contribution in [0.4, 0.5) is 4.39 Å². The van der Waals surface area contributed by atoms with Gasteiger partial charge in [0.05, 0.1) is 5.69 Å². The molecular formula is C16H16FN3O. The Hall–Kier alpha value is -2.43. The van der Waals surface area contributed by atoms with E-state index in [0.717, 1.165) is 23.4 Å². The summed E-state index contributed by atoms with van der Waals surface area (Å²) in [5, 5.41) is 0. The number of benzene rings is 1. The van der Waals surface area contributed by atoms with Gasteiger partial charge in [0.15, 0.2) is 0 Å². The Kier molecular flexibility index (Phi) is 3.81. The minimum absolute atomic E-state index is 0.0808. The Balaban J connectivity index is 1.89. The third kappa shape index (κ3) is 2.86. The lowest BCUT2D eigenvalue weighted by Crippen LogP contribution is -1.98. The number of fused-ring (bicyclic) bond motifs is 1. The smallest absolute Gasteiger partial charge is 0.234 e. The molecule has 5 heteroatoms. The fraction of sp³-hybridized carbons (Fsp3) is 0.250. The zero-order valence-corrected chi connectivity index (χ0v) is 11.8. The molecule has 0 spiro atoms. The molecule has 2 heterocycles. The minimum Gasteiger partial charge on any atom is -0.491 e. The van der Waals surface area contributed by atoms with E-state index in [4.69, 9.17) is 4.74 Å². The number of hydrogen-bond acceptors (Lipinski definition) is 3. The third-order valence-corrected chi connectivity index (χ3v) is 3.24. The fourth-order valence-corrected chi connectivity index (χ4v) is 2.12. The summed E-state index contributed by atoms with van der Waals surface area (Å²) < 4.78 is 19.2. The van der Waals surface area contributed by atoms with Crippen LogP contribution in [0.5, 0.6) is 5.75 Å². The number of ether oxygens (including phenoxy) is 1. The molecule has 0 radical (unpaired) electrons. The van der Waals surface area contributed by atoms with Gasteiger partial charge in [0.1, 0.15) is 19.0 Å². The zero-order chi connectivity index (χ0) is 14.7. The molecule has 108 valence electrons. The molecule has 0 aliphatic carbocycles. The van der Waals surface area contributed by atoms with Gasteiger partial charge in [-0.3, -0.25) is 4.40 Å². The summed E-state index contributed by atoms with van der Waals surface area (Å²) in [4.78, 5) is 9.02. The maximum atomic E-state index is 12.1. The number of hydrogen-bond donors (Lipinski definition) is 0. The number of alkyl halides is 1. The number of halogens is 1. The van der Waals surface area contributed by atoms with Gasteiger partial charge in [-0.1, -0.05) is 6.92 Å². The SMILES string of the molecule is CCc1ccn2cc(-c3ccc(OCCF)cc3)nc2n1. The summed E-state index contributed by atoms with van der Waals surface area (Å²) in [6, 6.07) is 9.46. The average molecular weight is 285 g/mol. The van der Waals surface area contributed by atoms with Crippen LogP contribution >= 0.6 is 0 Å². The molecule has 3 aromatic rings. The van der Waals surface area contributed by atoms with Crippen LogP contribution in [0, 0.1) is 0 Å². The molecule has 4 nitrogen and oxygen atoms in total. The highest BCUT2D eigenvalue weighted by molar-refractivity contribution is 5.62. The summed E-state index contributed by atoms with van der Waals surface area (Å²) in [5.74, 6) is 1.36. The molecule has 0 amide bonds. The van der Waals surface area contributed by atoms with Crippen LogP contribution < -0.4 is 4.74 Å². The highest BCUT2D eigenvalue weighted by atomic mass is 19.1. The van der Waals surface area contributed by atoms with Crippen LogP contribution in [0.3, 0.4) is 0 Å². The van der Waals surface area contributed by atoms with Gasteiger partial charge in [0, 0.05) is 23.7 Å². The molecule has 0 N–H and O–H groups in total. The second-order valence-corrected chi connectivity index (χ2v) is 4.67. The van der Waals surface area contributed by atoms with Crippen molar-refractivity contribution < 1.29 is 9.13 Å². The van der Waals surface area contributed by atoms with Gasteiger partial charge < -0.3 is 4.74 Å². The zero-order valence-electron chi connectivity index (χ0n) is 11.8. The van der Waals surface area contributed by atoms with Gasteiger partial charge in [0.2, 0.25) is 5.78 Å².